The number of benzene rings is 1. The number of nitrogens with zero attached hydrogens (tertiary/aromatic N) is 2. The lowest BCUT2D eigenvalue weighted by molar-refractivity contribution is 0.503. The highest BCUT2D eigenvalue weighted by molar-refractivity contribution is 7.90. The first-order chi connectivity index (χ1) is 9.88. The van der Waals surface area contributed by atoms with Gasteiger partial charge in [-0.3, -0.25) is 4.68 Å². The van der Waals surface area contributed by atoms with Gasteiger partial charge in [-0.2, -0.15) is 5.10 Å². The summed E-state index contributed by atoms with van der Waals surface area (Å²) >= 11 is 0. The van der Waals surface area contributed by atoms with Crippen molar-refractivity contribution in [1.82, 2.24) is 15.1 Å². The van der Waals surface area contributed by atoms with Gasteiger partial charge in [-0.1, -0.05) is 6.07 Å². The van der Waals surface area contributed by atoms with Crippen LogP contribution in [0.3, 0.4) is 0 Å². The normalized spacial score (nSPS) is 13.3. The molecule has 21 heavy (non-hydrogen) atoms. The highest BCUT2D eigenvalue weighted by Crippen LogP contribution is 2.20. The number of hydrogen-bond donors (Lipinski definition) is 1. The van der Waals surface area contributed by atoms with Crippen LogP contribution in [-0.4, -0.2) is 31.0 Å². The zero-order chi connectivity index (χ0) is 15.5. The molecule has 1 aromatic carbocycles. The predicted molar refractivity (Wildman–Crippen MR) is 78.2 cm³/mol. The number of sulfone groups is 1. The van der Waals surface area contributed by atoms with Crippen LogP contribution in [0.4, 0.5) is 4.39 Å². The van der Waals surface area contributed by atoms with Crippen molar-refractivity contribution in [2.75, 3.05) is 12.8 Å². The summed E-state index contributed by atoms with van der Waals surface area (Å²) in [7, 11) is -3.53. The van der Waals surface area contributed by atoms with Gasteiger partial charge in [0.2, 0.25) is 0 Å². The Kier molecular flexibility index (Phi) is 4.74. The maximum atomic E-state index is 13.8. The Hall–Kier alpha value is -1.73. The molecule has 2 rings (SSSR count). The van der Waals surface area contributed by atoms with E-state index in [1.54, 1.807) is 16.9 Å². The minimum Gasteiger partial charge on any atom is -0.308 e. The lowest BCUT2D eigenvalue weighted by Crippen LogP contribution is -2.23. The minimum atomic E-state index is -3.53. The lowest BCUT2D eigenvalue weighted by Gasteiger charge is -2.15. The van der Waals surface area contributed by atoms with E-state index in [9.17, 15) is 12.8 Å². The Labute approximate surface area is 123 Å². The fraction of sp³-hybridized carbons (Fsp3) is 0.357. The van der Waals surface area contributed by atoms with Crippen molar-refractivity contribution < 1.29 is 12.8 Å². The third-order valence-corrected chi connectivity index (χ3v) is 4.34. The molecule has 0 bridgehead atoms. The fourth-order valence-electron chi connectivity index (χ4n) is 2.03. The highest BCUT2D eigenvalue weighted by atomic mass is 32.2. The van der Waals surface area contributed by atoms with Crippen molar-refractivity contribution in [3.8, 4) is 0 Å². The van der Waals surface area contributed by atoms with Crippen molar-refractivity contribution in [2.45, 2.75) is 24.4 Å². The van der Waals surface area contributed by atoms with E-state index in [0.717, 1.165) is 6.26 Å². The van der Waals surface area contributed by atoms with Crippen LogP contribution >= 0.6 is 0 Å². The first-order valence-electron chi connectivity index (χ1n) is 6.58. The monoisotopic (exact) mass is 311 g/mol. The molecule has 0 unspecified atom stereocenters. The average molecular weight is 311 g/mol. The van der Waals surface area contributed by atoms with Crippen LogP contribution in [0, 0.1) is 5.82 Å². The number of aromatic nitrogens is 2. The summed E-state index contributed by atoms with van der Waals surface area (Å²) in [6, 6.07) is 5.98. The Morgan fingerprint density at radius 1 is 1.43 bits per heavy atom. The van der Waals surface area contributed by atoms with Crippen molar-refractivity contribution in [2.24, 2.45) is 0 Å². The molecule has 0 spiro atoms. The van der Waals surface area contributed by atoms with Gasteiger partial charge in [-0.25, -0.2) is 12.8 Å². The Bertz CT molecular complexity index is 699. The van der Waals surface area contributed by atoms with E-state index < -0.39 is 15.7 Å². The van der Waals surface area contributed by atoms with E-state index in [1.807, 2.05) is 19.2 Å². The Morgan fingerprint density at radius 2 is 2.19 bits per heavy atom. The van der Waals surface area contributed by atoms with E-state index in [4.69, 9.17) is 0 Å². The van der Waals surface area contributed by atoms with E-state index in [-0.39, 0.29) is 10.9 Å². The van der Waals surface area contributed by atoms with Crippen LogP contribution in [0.25, 0.3) is 0 Å². The lowest BCUT2D eigenvalue weighted by atomic mass is 10.1. The minimum absolute atomic E-state index is 0.0799. The number of hydrogen-bond acceptors (Lipinski definition) is 4. The summed E-state index contributed by atoms with van der Waals surface area (Å²) in [5.41, 5.74) is 0.709. The summed E-state index contributed by atoms with van der Waals surface area (Å²) in [6.45, 7) is 3.29. The standard InChI is InChI=1S/C14H18FN3O2S/c1-11(16-7-9-18-8-3-6-17-18)12-4-5-14(13(15)10-12)21(2,19)20/h3-6,8,10-11,16H,7,9H2,1-2H3/t11-/m0/s1. The first-order valence-corrected chi connectivity index (χ1v) is 8.47. The second-order valence-electron chi connectivity index (χ2n) is 4.91. The topological polar surface area (TPSA) is 64.0 Å². The number of nitrogens with one attached hydrogen (secondary N) is 1. The molecule has 0 fully saturated rings. The number of rotatable bonds is 6. The fourth-order valence-corrected chi connectivity index (χ4v) is 2.76. The van der Waals surface area contributed by atoms with E-state index >= 15 is 0 Å². The van der Waals surface area contributed by atoms with Gasteiger partial charge in [-0.05, 0) is 30.7 Å². The van der Waals surface area contributed by atoms with Gasteiger partial charge >= 0.3 is 0 Å². The molecule has 0 radical (unpaired) electrons. The van der Waals surface area contributed by atoms with Crippen LogP contribution in [0.2, 0.25) is 0 Å². The molecule has 5 nitrogen and oxygen atoms in total. The van der Waals surface area contributed by atoms with E-state index in [2.05, 4.69) is 10.4 Å². The van der Waals surface area contributed by atoms with Crippen molar-refractivity contribution in [1.29, 1.82) is 0 Å². The van der Waals surface area contributed by atoms with Gasteiger partial charge in [0.25, 0.3) is 0 Å². The molecule has 7 heteroatoms. The number of halogens is 1. The predicted octanol–water partition coefficient (Wildman–Crippen LogP) is 1.78. The molecule has 0 aliphatic heterocycles. The Morgan fingerprint density at radius 3 is 2.76 bits per heavy atom. The summed E-state index contributed by atoms with van der Waals surface area (Å²) in [4.78, 5) is -0.269. The zero-order valence-electron chi connectivity index (χ0n) is 12.0. The van der Waals surface area contributed by atoms with Crippen LogP contribution in [0.5, 0.6) is 0 Å². The molecular weight excluding hydrogens is 293 g/mol. The van der Waals surface area contributed by atoms with Crippen LogP contribution in [0.1, 0.15) is 18.5 Å². The summed E-state index contributed by atoms with van der Waals surface area (Å²) in [5, 5.41) is 7.33. The summed E-state index contributed by atoms with van der Waals surface area (Å²) in [6.07, 6.45) is 4.58. The smallest absolute Gasteiger partial charge is 0.178 e. The van der Waals surface area contributed by atoms with E-state index in [0.29, 0.717) is 18.7 Å². The quantitative estimate of drug-likeness (QED) is 0.883. The van der Waals surface area contributed by atoms with Crippen molar-refractivity contribution >= 4 is 9.84 Å². The van der Waals surface area contributed by atoms with Gasteiger partial charge in [-0.15, -0.1) is 0 Å². The molecule has 1 atom stereocenters. The molecule has 0 saturated carbocycles. The molecular formula is C14H18FN3O2S. The molecule has 1 heterocycles. The van der Waals surface area contributed by atoms with Gasteiger partial charge in [0.15, 0.2) is 9.84 Å². The maximum Gasteiger partial charge on any atom is 0.178 e. The average Bonchev–Trinajstić information content (AvgIpc) is 2.90. The van der Waals surface area contributed by atoms with Gasteiger partial charge in [0.05, 0.1) is 6.54 Å². The SMILES string of the molecule is C[C@H](NCCn1cccn1)c1ccc(S(C)(=O)=O)c(F)c1. The van der Waals surface area contributed by atoms with Gasteiger partial charge in [0, 0.05) is 31.2 Å². The van der Waals surface area contributed by atoms with Crippen molar-refractivity contribution in [3.63, 3.8) is 0 Å². The maximum absolute atomic E-state index is 13.8. The largest absolute Gasteiger partial charge is 0.308 e. The molecule has 2 aromatic rings. The zero-order valence-corrected chi connectivity index (χ0v) is 12.8. The molecule has 1 aromatic heterocycles. The highest BCUT2D eigenvalue weighted by Gasteiger charge is 2.15. The van der Waals surface area contributed by atoms with Crippen LogP contribution in [-0.2, 0) is 16.4 Å². The third kappa shape index (κ3) is 4.12. The van der Waals surface area contributed by atoms with E-state index in [1.165, 1.54) is 12.1 Å². The second-order valence-corrected chi connectivity index (χ2v) is 6.89. The van der Waals surface area contributed by atoms with Gasteiger partial charge in [0.1, 0.15) is 10.7 Å². The van der Waals surface area contributed by atoms with Gasteiger partial charge < -0.3 is 5.32 Å². The molecule has 0 amide bonds. The first kappa shape index (κ1) is 15.7. The van der Waals surface area contributed by atoms with Crippen LogP contribution < -0.4 is 5.32 Å². The molecule has 0 aliphatic carbocycles. The molecule has 114 valence electrons. The van der Waals surface area contributed by atoms with Crippen LogP contribution in [0.15, 0.2) is 41.6 Å². The summed E-state index contributed by atoms with van der Waals surface area (Å²) < 4.78 is 38.4. The summed E-state index contributed by atoms with van der Waals surface area (Å²) in [5.74, 6) is -0.712. The Balaban J connectivity index is 1.99. The van der Waals surface area contributed by atoms with Crippen molar-refractivity contribution in [3.05, 3.63) is 48.0 Å². The third-order valence-electron chi connectivity index (χ3n) is 3.21. The molecule has 0 saturated heterocycles. The second kappa shape index (κ2) is 6.36. The molecule has 1 N–H and O–H groups in total. The molecule has 0 aliphatic rings.